The first-order valence-electron chi connectivity index (χ1n) is 6.63. The Morgan fingerprint density at radius 1 is 1.50 bits per heavy atom. The molecule has 7 heteroatoms. The highest BCUT2D eigenvalue weighted by atomic mass is 35.5. The molecule has 4 nitrogen and oxygen atoms in total. The number of ether oxygens (including phenoxy) is 1. The zero-order chi connectivity index (χ0) is 16.1. The molecule has 2 rings (SSSR count). The third-order valence-corrected chi connectivity index (χ3v) is 5.19. The number of carbonyl (C=O) groups excluding carboxylic acids is 2. The van der Waals surface area contributed by atoms with E-state index in [1.165, 1.54) is 6.92 Å². The number of carbonyl (C=O) groups is 2. The van der Waals surface area contributed by atoms with Gasteiger partial charge in [-0.15, -0.1) is 0 Å². The minimum Gasteiger partial charge on any atom is -0.425 e. The lowest BCUT2D eigenvalue weighted by Gasteiger charge is -2.06. The maximum Gasteiger partial charge on any atom is 0.308 e. The molecule has 0 saturated carbocycles. The summed E-state index contributed by atoms with van der Waals surface area (Å²) in [7, 11) is 0. The van der Waals surface area contributed by atoms with Gasteiger partial charge in [0.05, 0.1) is 5.02 Å². The summed E-state index contributed by atoms with van der Waals surface area (Å²) in [5.74, 6) is 0.747. The number of benzene rings is 1. The van der Waals surface area contributed by atoms with Crippen molar-refractivity contribution in [2.75, 3.05) is 5.75 Å². The van der Waals surface area contributed by atoms with E-state index < -0.39 is 5.97 Å². The van der Waals surface area contributed by atoms with E-state index in [9.17, 15) is 9.59 Å². The lowest BCUT2D eigenvalue weighted by molar-refractivity contribution is -0.131. The summed E-state index contributed by atoms with van der Waals surface area (Å²) in [6, 6.07) is 5.05. The lowest BCUT2D eigenvalue weighted by Crippen LogP contribution is -2.02. The van der Waals surface area contributed by atoms with Crippen molar-refractivity contribution in [3.05, 3.63) is 34.5 Å². The monoisotopic (exact) mass is 355 g/mol. The van der Waals surface area contributed by atoms with Crippen LogP contribution >= 0.6 is 35.1 Å². The molecule has 116 valence electrons. The minimum absolute atomic E-state index is 0.104. The third-order valence-electron chi connectivity index (χ3n) is 2.57. The molecule has 0 saturated heterocycles. The molecule has 1 aromatic rings. The molecule has 22 heavy (non-hydrogen) atoms. The fourth-order valence-electron chi connectivity index (χ4n) is 1.66. The summed E-state index contributed by atoms with van der Waals surface area (Å²) in [6.07, 6.45) is 2.64. The van der Waals surface area contributed by atoms with Gasteiger partial charge in [-0.3, -0.25) is 9.59 Å². The summed E-state index contributed by atoms with van der Waals surface area (Å²) in [5, 5.41) is 0.181. The first-order chi connectivity index (χ1) is 10.5. The number of rotatable bonds is 4. The van der Waals surface area contributed by atoms with Crippen molar-refractivity contribution in [3.63, 3.8) is 0 Å². The molecular formula is C15H14ClNO3S2. The first-order valence-corrected chi connectivity index (χ1v) is 8.81. The Morgan fingerprint density at radius 3 is 2.95 bits per heavy atom. The van der Waals surface area contributed by atoms with Crippen molar-refractivity contribution in [1.82, 2.24) is 0 Å². The number of hydrogen-bond donors (Lipinski definition) is 0. The van der Waals surface area contributed by atoms with Crippen LogP contribution in [0.2, 0.25) is 5.02 Å². The van der Waals surface area contributed by atoms with Crippen LogP contribution in [0.1, 0.15) is 25.8 Å². The zero-order valence-electron chi connectivity index (χ0n) is 12.1. The smallest absolute Gasteiger partial charge is 0.308 e. The van der Waals surface area contributed by atoms with E-state index in [0.29, 0.717) is 11.3 Å². The standard InChI is InChI=1S/C15H14ClNO3S2/c1-3-7-21-15-17-11(14(19)22-15)8-10-5-4-6-12(13(10)16)20-9(2)18/h4-6,8H,3,7H2,1-2H3. The number of halogens is 1. The number of aliphatic imine (C=N–C) groups is 1. The van der Waals surface area contributed by atoms with Crippen LogP contribution in [-0.2, 0) is 9.59 Å². The molecule has 1 heterocycles. The topological polar surface area (TPSA) is 55.7 Å². The average Bonchev–Trinajstić information content (AvgIpc) is 2.81. The normalized spacial score (nSPS) is 16.0. The number of hydrogen-bond acceptors (Lipinski definition) is 6. The molecule has 0 N–H and O–H groups in total. The quantitative estimate of drug-likeness (QED) is 0.455. The summed E-state index contributed by atoms with van der Waals surface area (Å²) in [6.45, 7) is 3.38. The Labute approximate surface area is 142 Å². The Bertz CT molecular complexity index is 671. The molecule has 0 bridgehead atoms. The van der Waals surface area contributed by atoms with Gasteiger partial charge in [0.15, 0.2) is 0 Å². The van der Waals surface area contributed by atoms with Crippen molar-refractivity contribution >= 4 is 56.7 Å². The van der Waals surface area contributed by atoms with Crippen molar-refractivity contribution in [2.24, 2.45) is 4.99 Å². The minimum atomic E-state index is -0.449. The van der Waals surface area contributed by atoms with Crippen LogP contribution in [0.15, 0.2) is 28.9 Å². The maximum absolute atomic E-state index is 12.0. The number of esters is 1. The molecular weight excluding hydrogens is 342 g/mol. The van der Waals surface area contributed by atoms with Gasteiger partial charge in [-0.2, -0.15) is 0 Å². The average molecular weight is 356 g/mol. The molecule has 1 aliphatic rings. The highest BCUT2D eigenvalue weighted by Gasteiger charge is 2.22. The number of nitrogens with zero attached hydrogens (tertiary/aromatic N) is 1. The van der Waals surface area contributed by atoms with Crippen LogP contribution < -0.4 is 4.74 Å². The molecule has 1 aliphatic heterocycles. The Hall–Kier alpha value is -1.24. The fourth-order valence-corrected chi connectivity index (χ4v) is 3.65. The van der Waals surface area contributed by atoms with E-state index in [1.54, 1.807) is 36.0 Å². The predicted octanol–water partition coefficient (Wildman–Crippen LogP) is 4.38. The van der Waals surface area contributed by atoms with Crippen LogP contribution in [0, 0.1) is 0 Å². The van der Waals surface area contributed by atoms with E-state index in [0.717, 1.165) is 28.3 Å². The van der Waals surface area contributed by atoms with Crippen molar-refractivity contribution in [2.45, 2.75) is 20.3 Å². The van der Waals surface area contributed by atoms with Gasteiger partial charge in [0.1, 0.15) is 15.8 Å². The summed E-state index contributed by atoms with van der Waals surface area (Å²) >= 11 is 8.90. The van der Waals surface area contributed by atoms with Gasteiger partial charge in [-0.05, 0) is 41.6 Å². The van der Waals surface area contributed by atoms with Crippen molar-refractivity contribution in [3.8, 4) is 5.75 Å². The van der Waals surface area contributed by atoms with Gasteiger partial charge < -0.3 is 4.74 Å². The Balaban J connectivity index is 2.27. The second-order valence-corrected chi connectivity index (χ2v) is 7.08. The Kier molecular flexibility index (Phi) is 6.11. The van der Waals surface area contributed by atoms with Gasteiger partial charge >= 0.3 is 5.97 Å². The second kappa shape index (κ2) is 7.85. The van der Waals surface area contributed by atoms with Crippen LogP contribution in [-0.4, -0.2) is 21.2 Å². The van der Waals surface area contributed by atoms with Gasteiger partial charge in [-0.1, -0.05) is 42.4 Å². The van der Waals surface area contributed by atoms with Gasteiger partial charge in [0.2, 0.25) is 5.12 Å². The van der Waals surface area contributed by atoms with E-state index in [-0.39, 0.29) is 15.9 Å². The highest BCUT2D eigenvalue weighted by molar-refractivity contribution is 8.45. The largest absolute Gasteiger partial charge is 0.425 e. The SMILES string of the molecule is CCCSC1=NC(=Cc2cccc(OC(C)=O)c2Cl)C(=O)S1. The zero-order valence-corrected chi connectivity index (χ0v) is 14.5. The lowest BCUT2D eigenvalue weighted by atomic mass is 10.2. The van der Waals surface area contributed by atoms with Crippen LogP contribution in [0.5, 0.6) is 5.75 Å². The number of thioether (sulfide) groups is 2. The molecule has 0 fully saturated rings. The van der Waals surface area contributed by atoms with E-state index >= 15 is 0 Å². The molecule has 0 radical (unpaired) electrons. The Morgan fingerprint density at radius 2 is 2.27 bits per heavy atom. The summed E-state index contributed by atoms with van der Waals surface area (Å²) < 4.78 is 5.78. The van der Waals surface area contributed by atoms with E-state index in [4.69, 9.17) is 16.3 Å². The molecule has 0 aliphatic carbocycles. The second-order valence-electron chi connectivity index (χ2n) is 4.40. The van der Waals surface area contributed by atoms with Crippen LogP contribution in [0.3, 0.4) is 0 Å². The molecule has 0 amide bonds. The third kappa shape index (κ3) is 4.38. The van der Waals surface area contributed by atoms with E-state index in [2.05, 4.69) is 11.9 Å². The fraction of sp³-hybridized carbons (Fsp3) is 0.267. The van der Waals surface area contributed by atoms with Gasteiger partial charge in [0, 0.05) is 6.92 Å². The molecule has 0 aromatic heterocycles. The van der Waals surface area contributed by atoms with Crippen molar-refractivity contribution < 1.29 is 14.3 Å². The van der Waals surface area contributed by atoms with E-state index in [1.807, 2.05) is 0 Å². The van der Waals surface area contributed by atoms with Gasteiger partial charge in [0.25, 0.3) is 0 Å². The summed E-state index contributed by atoms with van der Waals surface area (Å²) in [4.78, 5) is 27.3. The molecule has 1 aromatic carbocycles. The van der Waals surface area contributed by atoms with Crippen molar-refractivity contribution in [1.29, 1.82) is 0 Å². The van der Waals surface area contributed by atoms with Crippen LogP contribution in [0.25, 0.3) is 6.08 Å². The van der Waals surface area contributed by atoms with Gasteiger partial charge in [-0.25, -0.2) is 4.99 Å². The first kappa shape index (κ1) is 17.1. The molecule has 0 atom stereocenters. The highest BCUT2D eigenvalue weighted by Crippen LogP contribution is 2.34. The molecule has 0 unspecified atom stereocenters. The molecule has 0 spiro atoms. The predicted molar refractivity (Wildman–Crippen MR) is 93.5 cm³/mol. The maximum atomic E-state index is 12.0. The summed E-state index contributed by atoms with van der Waals surface area (Å²) in [5.41, 5.74) is 0.945. The van der Waals surface area contributed by atoms with Crippen LogP contribution in [0.4, 0.5) is 0 Å².